The Morgan fingerprint density at radius 1 is 0.975 bits per heavy atom. The van der Waals surface area contributed by atoms with Crippen LogP contribution in [0.4, 0.5) is 0 Å². The lowest BCUT2D eigenvalue weighted by Gasteiger charge is -2.31. The highest BCUT2D eigenvalue weighted by molar-refractivity contribution is 9.10. The van der Waals surface area contributed by atoms with Gasteiger partial charge in [-0.05, 0) is 63.6 Å². The summed E-state index contributed by atoms with van der Waals surface area (Å²) in [6, 6.07) is 14.9. The van der Waals surface area contributed by atoms with Gasteiger partial charge in [-0.25, -0.2) is 9.59 Å². The minimum Gasteiger partial charge on any atom is -0.493 e. The Labute approximate surface area is 243 Å². The maximum atomic E-state index is 12.9. The number of allylic oxidation sites excluding steroid dienone is 2. The Morgan fingerprint density at radius 2 is 1.62 bits per heavy atom. The second-order valence-corrected chi connectivity index (χ2v) is 10.3. The number of benzene rings is 2. The van der Waals surface area contributed by atoms with Gasteiger partial charge in [0.25, 0.3) is 0 Å². The molecule has 0 aromatic heterocycles. The molecule has 0 saturated heterocycles. The molecule has 216 valence electrons. The monoisotopic (exact) mass is 616 g/mol. The number of aliphatic hydroxyl groups excluding tert-OH is 1. The first kappa shape index (κ1) is 31.2. The van der Waals surface area contributed by atoms with Gasteiger partial charge in [-0.2, -0.15) is 0 Å². The molecule has 0 amide bonds. The number of hydrogen-bond acceptors (Lipinski definition) is 9. The van der Waals surface area contributed by atoms with Crippen LogP contribution >= 0.6 is 15.9 Å². The van der Waals surface area contributed by atoms with Crippen molar-refractivity contribution in [3.8, 4) is 11.5 Å². The highest BCUT2D eigenvalue weighted by atomic mass is 79.9. The molecule has 2 aromatic carbocycles. The second-order valence-electron chi connectivity index (χ2n) is 9.34. The lowest BCUT2D eigenvalue weighted by molar-refractivity contribution is -0.137. The smallest absolute Gasteiger partial charge is 0.336 e. The van der Waals surface area contributed by atoms with Gasteiger partial charge >= 0.3 is 11.9 Å². The number of hydrogen-bond donors (Lipinski definition) is 3. The zero-order valence-electron chi connectivity index (χ0n) is 23.3. The van der Waals surface area contributed by atoms with E-state index in [-0.39, 0.29) is 6.61 Å². The molecule has 0 radical (unpaired) electrons. The van der Waals surface area contributed by atoms with E-state index in [0.29, 0.717) is 53.5 Å². The molecular formula is C30H37BrN2O7. The van der Waals surface area contributed by atoms with E-state index in [1.807, 2.05) is 48.5 Å². The number of unbranched alkanes of at least 4 members (excludes halogenated alkanes) is 1. The van der Waals surface area contributed by atoms with Gasteiger partial charge in [0.1, 0.15) is 24.2 Å². The molecule has 0 spiro atoms. The fraction of sp³-hybridized carbons (Fsp3) is 0.400. The molecule has 9 nitrogen and oxygen atoms in total. The quantitative estimate of drug-likeness (QED) is 0.212. The zero-order chi connectivity index (χ0) is 29.1. The molecule has 3 rings (SSSR count). The Kier molecular flexibility index (Phi) is 12.0. The molecule has 2 aromatic rings. The number of halogens is 1. The van der Waals surface area contributed by atoms with Gasteiger partial charge in [-0.1, -0.05) is 34.1 Å². The summed E-state index contributed by atoms with van der Waals surface area (Å²) in [7, 11) is 2.62. The number of carbonyl (C=O) groups is 2. The van der Waals surface area contributed by atoms with Crippen molar-refractivity contribution >= 4 is 27.9 Å². The molecule has 10 heteroatoms. The maximum absolute atomic E-state index is 12.9. The number of aliphatic hydroxyl groups is 1. The standard InChI is InChI=1S/C30H37BrN2O7/c1-19-26(29(35)37-3)28(27(20(2)33-19)30(36)38-4)24-16-21(31)12-13-25(24)39-15-9-8-14-32-17-22(34)18-40-23-10-6-5-7-11-23/h5-7,10-13,16,22,28,32-34H,8-9,14-15,17-18H2,1-4H3. The summed E-state index contributed by atoms with van der Waals surface area (Å²) in [6.07, 6.45) is 0.959. The molecule has 0 bridgehead atoms. The predicted molar refractivity (Wildman–Crippen MR) is 155 cm³/mol. The lowest BCUT2D eigenvalue weighted by Crippen LogP contribution is -2.32. The molecule has 1 aliphatic heterocycles. The van der Waals surface area contributed by atoms with Crippen molar-refractivity contribution in [2.24, 2.45) is 0 Å². The van der Waals surface area contributed by atoms with Crippen molar-refractivity contribution in [3.05, 3.63) is 81.1 Å². The lowest BCUT2D eigenvalue weighted by atomic mass is 9.80. The molecule has 3 N–H and O–H groups in total. The molecule has 0 fully saturated rings. The van der Waals surface area contributed by atoms with Crippen LogP contribution in [0.15, 0.2) is 75.5 Å². The van der Waals surface area contributed by atoms with Gasteiger partial charge in [0.2, 0.25) is 0 Å². The molecule has 40 heavy (non-hydrogen) atoms. The molecule has 1 unspecified atom stereocenters. The summed E-state index contributed by atoms with van der Waals surface area (Å²) >= 11 is 3.51. The number of para-hydroxylation sites is 1. The van der Waals surface area contributed by atoms with E-state index >= 15 is 0 Å². The molecular weight excluding hydrogens is 580 g/mol. The highest BCUT2D eigenvalue weighted by Gasteiger charge is 2.39. The van der Waals surface area contributed by atoms with E-state index in [0.717, 1.165) is 23.1 Å². The number of nitrogens with one attached hydrogen (secondary N) is 2. The Hall–Kier alpha value is -3.34. The topological polar surface area (TPSA) is 115 Å². The van der Waals surface area contributed by atoms with Crippen molar-refractivity contribution in [1.82, 2.24) is 10.6 Å². The van der Waals surface area contributed by atoms with Crippen LogP contribution in [0.3, 0.4) is 0 Å². The Balaban J connectivity index is 1.61. The summed E-state index contributed by atoms with van der Waals surface area (Å²) in [4.78, 5) is 25.7. The number of ether oxygens (including phenoxy) is 4. The summed E-state index contributed by atoms with van der Waals surface area (Å²) in [6.45, 7) is 5.31. The van der Waals surface area contributed by atoms with Gasteiger partial charge < -0.3 is 34.7 Å². The fourth-order valence-electron chi connectivity index (χ4n) is 4.51. The predicted octanol–water partition coefficient (Wildman–Crippen LogP) is 4.22. The van der Waals surface area contributed by atoms with Crippen molar-refractivity contribution in [2.45, 2.75) is 38.7 Å². The summed E-state index contributed by atoms with van der Waals surface area (Å²) in [5.41, 5.74) is 2.46. The van der Waals surface area contributed by atoms with E-state index in [2.05, 4.69) is 26.6 Å². The summed E-state index contributed by atoms with van der Waals surface area (Å²) in [5, 5.41) is 16.5. The molecule has 1 heterocycles. The first-order valence-corrected chi connectivity index (χ1v) is 13.9. The average molecular weight is 618 g/mol. The third kappa shape index (κ3) is 8.33. The third-order valence-corrected chi connectivity index (χ3v) is 6.92. The van der Waals surface area contributed by atoms with Crippen LogP contribution in [-0.2, 0) is 19.1 Å². The van der Waals surface area contributed by atoms with Gasteiger partial charge in [0, 0.05) is 28.0 Å². The van der Waals surface area contributed by atoms with Crippen molar-refractivity contribution in [3.63, 3.8) is 0 Å². The summed E-state index contributed by atoms with van der Waals surface area (Å²) < 4.78 is 22.7. The minimum absolute atomic E-state index is 0.214. The van der Waals surface area contributed by atoms with Crippen molar-refractivity contribution in [2.75, 3.05) is 40.5 Å². The highest BCUT2D eigenvalue weighted by Crippen LogP contribution is 2.43. The fourth-order valence-corrected chi connectivity index (χ4v) is 4.89. The van der Waals surface area contributed by atoms with Crippen molar-refractivity contribution in [1.29, 1.82) is 0 Å². The number of esters is 2. The van der Waals surface area contributed by atoms with Crippen molar-refractivity contribution < 1.29 is 33.6 Å². The van der Waals surface area contributed by atoms with Crippen LogP contribution in [-0.4, -0.2) is 63.7 Å². The van der Waals surface area contributed by atoms with Crippen LogP contribution in [0.25, 0.3) is 0 Å². The van der Waals surface area contributed by atoms with Gasteiger partial charge in [0.05, 0.1) is 37.9 Å². The van der Waals surface area contributed by atoms with Crippen LogP contribution in [0.1, 0.15) is 38.2 Å². The number of rotatable bonds is 14. The van der Waals surface area contributed by atoms with Crippen LogP contribution in [0, 0.1) is 0 Å². The van der Waals surface area contributed by atoms with E-state index in [1.54, 1.807) is 13.8 Å². The van der Waals surface area contributed by atoms with E-state index in [1.165, 1.54) is 14.2 Å². The number of carbonyl (C=O) groups excluding carboxylic acids is 2. The Bertz CT molecular complexity index is 1190. The van der Waals surface area contributed by atoms with Crippen LogP contribution in [0.5, 0.6) is 11.5 Å². The zero-order valence-corrected chi connectivity index (χ0v) is 24.9. The maximum Gasteiger partial charge on any atom is 0.336 e. The number of methoxy groups -OCH3 is 2. The second kappa shape index (κ2) is 15.4. The Morgan fingerprint density at radius 3 is 2.25 bits per heavy atom. The van der Waals surface area contributed by atoms with E-state index in [9.17, 15) is 14.7 Å². The largest absolute Gasteiger partial charge is 0.493 e. The van der Waals surface area contributed by atoms with E-state index in [4.69, 9.17) is 18.9 Å². The van der Waals surface area contributed by atoms with Gasteiger partial charge in [0.15, 0.2) is 0 Å². The molecule has 0 saturated carbocycles. The number of dihydropyridines is 1. The normalized spacial score (nSPS) is 14.4. The first-order chi connectivity index (χ1) is 19.3. The molecule has 1 atom stereocenters. The average Bonchev–Trinajstić information content (AvgIpc) is 2.95. The molecule has 0 aliphatic carbocycles. The van der Waals surface area contributed by atoms with Crippen LogP contribution in [0.2, 0.25) is 0 Å². The van der Waals surface area contributed by atoms with Gasteiger partial charge in [-0.15, -0.1) is 0 Å². The van der Waals surface area contributed by atoms with Crippen LogP contribution < -0.4 is 20.1 Å². The summed E-state index contributed by atoms with van der Waals surface area (Å²) in [5.74, 6) is -0.548. The SMILES string of the molecule is COC(=O)C1=C(C)NC(C)=C(C(=O)OC)C1c1cc(Br)ccc1OCCCCNCC(O)COc1ccccc1. The van der Waals surface area contributed by atoms with E-state index < -0.39 is 24.0 Å². The molecule has 1 aliphatic rings. The first-order valence-electron chi connectivity index (χ1n) is 13.1. The third-order valence-electron chi connectivity index (χ3n) is 6.42. The minimum atomic E-state index is -0.741. The van der Waals surface area contributed by atoms with Gasteiger partial charge in [-0.3, -0.25) is 0 Å².